The molecular formula is C20H25N. The third-order valence-corrected chi connectivity index (χ3v) is 5.00. The molecule has 1 heteroatoms. The first-order valence-corrected chi connectivity index (χ1v) is 8.05. The normalized spacial score (nSPS) is 18.2. The van der Waals surface area contributed by atoms with Crippen molar-refractivity contribution in [3.8, 4) is 0 Å². The number of benzene rings is 2. The van der Waals surface area contributed by atoms with E-state index < -0.39 is 0 Å². The Morgan fingerprint density at radius 2 is 1.90 bits per heavy atom. The van der Waals surface area contributed by atoms with Gasteiger partial charge in [-0.05, 0) is 66.5 Å². The molecule has 0 fully saturated rings. The first kappa shape index (κ1) is 14.2. The molecule has 110 valence electrons. The lowest BCUT2D eigenvalue weighted by atomic mass is 9.94. The van der Waals surface area contributed by atoms with Gasteiger partial charge < -0.3 is 5.32 Å². The summed E-state index contributed by atoms with van der Waals surface area (Å²) in [4.78, 5) is 0. The minimum Gasteiger partial charge on any atom is -0.378 e. The largest absolute Gasteiger partial charge is 0.378 e. The molecular weight excluding hydrogens is 254 g/mol. The first-order valence-electron chi connectivity index (χ1n) is 8.05. The molecule has 0 aliphatic carbocycles. The summed E-state index contributed by atoms with van der Waals surface area (Å²) in [5.41, 5.74) is 8.40. The average molecular weight is 279 g/mol. The monoisotopic (exact) mass is 279 g/mol. The van der Waals surface area contributed by atoms with Gasteiger partial charge >= 0.3 is 0 Å². The maximum atomic E-state index is 3.68. The number of anilines is 1. The van der Waals surface area contributed by atoms with Gasteiger partial charge in [0.25, 0.3) is 0 Å². The molecule has 1 N–H and O–H groups in total. The van der Waals surface area contributed by atoms with Gasteiger partial charge in [-0.2, -0.15) is 0 Å². The molecule has 0 spiro atoms. The molecule has 1 aliphatic heterocycles. The van der Waals surface area contributed by atoms with Crippen LogP contribution in [0.25, 0.3) is 0 Å². The molecule has 1 heterocycles. The van der Waals surface area contributed by atoms with Crippen molar-refractivity contribution in [1.82, 2.24) is 0 Å². The fourth-order valence-electron chi connectivity index (χ4n) is 3.11. The van der Waals surface area contributed by atoms with Crippen molar-refractivity contribution in [2.75, 3.05) is 5.32 Å². The van der Waals surface area contributed by atoms with Crippen LogP contribution in [0.3, 0.4) is 0 Å². The molecule has 0 saturated carbocycles. The summed E-state index contributed by atoms with van der Waals surface area (Å²) in [7, 11) is 0. The summed E-state index contributed by atoms with van der Waals surface area (Å²) < 4.78 is 0. The minimum atomic E-state index is 0.423. The summed E-state index contributed by atoms with van der Waals surface area (Å²) >= 11 is 0. The van der Waals surface area contributed by atoms with Crippen molar-refractivity contribution in [2.24, 2.45) is 0 Å². The van der Waals surface area contributed by atoms with Crippen molar-refractivity contribution < 1.29 is 0 Å². The zero-order chi connectivity index (χ0) is 15.0. The van der Waals surface area contributed by atoms with Crippen LogP contribution >= 0.6 is 0 Å². The van der Waals surface area contributed by atoms with Gasteiger partial charge in [-0.15, -0.1) is 0 Å². The Bertz CT molecular complexity index is 657. The molecule has 1 nitrogen and oxygen atoms in total. The summed E-state index contributed by atoms with van der Waals surface area (Å²) in [6.45, 7) is 8.94. The van der Waals surface area contributed by atoms with E-state index in [1.165, 1.54) is 39.9 Å². The van der Waals surface area contributed by atoms with E-state index in [0.29, 0.717) is 12.0 Å². The molecule has 2 aromatic rings. The van der Waals surface area contributed by atoms with E-state index in [2.05, 4.69) is 69.4 Å². The Kier molecular flexibility index (Phi) is 3.75. The molecule has 21 heavy (non-hydrogen) atoms. The highest BCUT2D eigenvalue weighted by molar-refractivity contribution is 5.59. The summed E-state index contributed by atoms with van der Waals surface area (Å²) in [5.74, 6) is 0.649. The van der Waals surface area contributed by atoms with Gasteiger partial charge in [0, 0.05) is 5.69 Å². The molecule has 0 radical (unpaired) electrons. The van der Waals surface area contributed by atoms with Gasteiger partial charge in [-0.25, -0.2) is 0 Å². The molecule has 0 bridgehead atoms. The lowest BCUT2D eigenvalue weighted by molar-refractivity contribution is 0.732. The second kappa shape index (κ2) is 5.55. The van der Waals surface area contributed by atoms with Crippen molar-refractivity contribution in [2.45, 2.75) is 52.5 Å². The Hall–Kier alpha value is -1.76. The predicted molar refractivity (Wildman–Crippen MR) is 91.1 cm³/mol. The van der Waals surface area contributed by atoms with Gasteiger partial charge in [0.15, 0.2) is 0 Å². The zero-order valence-corrected chi connectivity index (χ0v) is 13.5. The smallest absolute Gasteiger partial charge is 0.0555 e. The quantitative estimate of drug-likeness (QED) is 0.779. The molecule has 0 amide bonds. The van der Waals surface area contributed by atoms with Gasteiger partial charge in [0.1, 0.15) is 0 Å². The maximum Gasteiger partial charge on any atom is 0.0555 e. The van der Waals surface area contributed by atoms with Crippen LogP contribution in [0.2, 0.25) is 0 Å². The standard InChI is InChI=1S/C20H25N/c1-5-13(2)16-8-9-19-18(11-16)12-20(21-19)17-7-6-14(3)15(4)10-17/h6-11,13,20-21H,5,12H2,1-4H3. The fourth-order valence-corrected chi connectivity index (χ4v) is 3.11. The Morgan fingerprint density at radius 1 is 1.10 bits per heavy atom. The number of rotatable bonds is 3. The van der Waals surface area contributed by atoms with Gasteiger partial charge in [0.2, 0.25) is 0 Å². The van der Waals surface area contributed by atoms with E-state index in [1.54, 1.807) is 0 Å². The SMILES string of the molecule is CCC(C)c1ccc2c(c1)CC(c1ccc(C)c(C)c1)N2. The zero-order valence-electron chi connectivity index (χ0n) is 13.5. The molecule has 3 rings (SSSR count). The molecule has 0 saturated heterocycles. The van der Waals surface area contributed by atoms with Crippen LogP contribution in [-0.4, -0.2) is 0 Å². The second-order valence-corrected chi connectivity index (χ2v) is 6.47. The number of hydrogen-bond acceptors (Lipinski definition) is 1. The van der Waals surface area contributed by atoms with Crippen molar-refractivity contribution in [3.63, 3.8) is 0 Å². The van der Waals surface area contributed by atoms with Gasteiger partial charge in [-0.3, -0.25) is 0 Å². The van der Waals surface area contributed by atoms with Crippen molar-refractivity contribution >= 4 is 5.69 Å². The second-order valence-electron chi connectivity index (χ2n) is 6.47. The van der Waals surface area contributed by atoms with Crippen LogP contribution in [0.15, 0.2) is 36.4 Å². The Morgan fingerprint density at radius 3 is 2.62 bits per heavy atom. The van der Waals surface area contributed by atoms with Crippen molar-refractivity contribution in [1.29, 1.82) is 0 Å². The molecule has 2 unspecified atom stereocenters. The van der Waals surface area contributed by atoms with Crippen LogP contribution in [0.4, 0.5) is 5.69 Å². The summed E-state index contributed by atoms with van der Waals surface area (Å²) in [6, 6.07) is 14.2. The number of nitrogens with one attached hydrogen (secondary N) is 1. The fraction of sp³-hybridized carbons (Fsp3) is 0.400. The lowest BCUT2D eigenvalue weighted by Crippen LogP contribution is -2.06. The minimum absolute atomic E-state index is 0.423. The van der Waals surface area contributed by atoms with Crippen LogP contribution in [0.5, 0.6) is 0 Å². The Labute approximate surface area is 128 Å². The number of hydrogen-bond donors (Lipinski definition) is 1. The van der Waals surface area contributed by atoms with Crippen molar-refractivity contribution in [3.05, 3.63) is 64.2 Å². The van der Waals surface area contributed by atoms with Crippen LogP contribution in [-0.2, 0) is 6.42 Å². The third kappa shape index (κ3) is 2.70. The van der Waals surface area contributed by atoms with Crippen LogP contribution in [0, 0.1) is 13.8 Å². The molecule has 1 aliphatic rings. The predicted octanol–water partition coefficient (Wildman–Crippen LogP) is 5.53. The summed E-state index contributed by atoms with van der Waals surface area (Å²) in [6.07, 6.45) is 2.30. The van der Waals surface area contributed by atoms with Crippen LogP contribution in [0.1, 0.15) is 60.0 Å². The van der Waals surface area contributed by atoms with Crippen LogP contribution < -0.4 is 5.32 Å². The molecule has 2 atom stereocenters. The number of aryl methyl sites for hydroxylation is 2. The van der Waals surface area contributed by atoms with Gasteiger partial charge in [-0.1, -0.05) is 44.2 Å². The van der Waals surface area contributed by atoms with E-state index >= 15 is 0 Å². The Balaban J connectivity index is 1.85. The number of fused-ring (bicyclic) bond motifs is 1. The highest BCUT2D eigenvalue weighted by atomic mass is 14.9. The van der Waals surface area contributed by atoms with E-state index in [4.69, 9.17) is 0 Å². The highest BCUT2D eigenvalue weighted by Gasteiger charge is 2.22. The molecule has 0 aromatic heterocycles. The van der Waals surface area contributed by atoms with E-state index in [0.717, 1.165) is 6.42 Å². The molecule has 2 aromatic carbocycles. The highest BCUT2D eigenvalue weighted by Crippen LogP contribution is 2.36. The maximum absolute atomic E-state index is 3.68. The van der Waals surface area contributed by atoms with E-state index in [9.17, 15) is 0 Å². The lowest BCUT2D eigenvalue weighted by Gasteiger charge is -2.13. The average Bonchev–Trinajstić information content (AvgIpc) is 2.92. The topological polar surface area (TPSA) is 12.0 Å². The van der Waals surface area contributed by atoms with Gasteiger partial charge in [0.05, 0.1) is 6.04 Å². The van der Waals surface area contributed by atoms with E-state index in [1.807, 2.05) is 0 Å². The first-order chi connectivity index (χ1) is 10.1. The summed E-state index contributed by atoms with van der Waals surface area (Å²) in [5, 5.41) is 3.68. The van der Waals surface area contributed by atoms with E-state index in [-0.39, 0.29) is 0 Å². The third-order valence-electron chi connectivity index (χ3n) is 5.00.